The lowest BCUT2D eigenvalue weighted by atomic mass is 10.0. The van der Waals surface area contributed by atoms with Gasteiger partial charge in [-0.3, -0.25) is 9.69 Å². The number of amides is 1. The van der Waals surface area contributed by atoms with Crippen LogP contribution in [-0.4, -0.2) is 42.8 Å². The molecule has 1 saturated heterocycles. The van der Waals surface area contributed by atoms with E-state index in [0.717, 1.165) is 6.29 Å². The Balaban J connectivity index is 2.53. The van der Waals surface area contributed by atoms with Gasteiger partial charge in [0.2, 0.25) is 5.91 Å². The lowest BCUT2D eigenvalue weighted by Crippen LogP contribution is -2.56. The van der Waals surface area contributed by atoms with Gasteiger partial charge in [-0.1, -0.05) is 13.8 Å². The molecule has 0 aliphatic carbocycles. The predicted molar refractivity (Wildman–Crippen MR) is 53.9 cm³/mol. The highest BCUT2D eigenvalue weighted by molar-refractivity contribution is 5.78. The van der Waals surface area contributed by atoms with Crippen LogP contribution in [0.5, 0.6) is 0 Å². The minimum Gasteiger partial charge on any atom is -0.353 e. The van der Waals surface area contributed by atoms with Gasteiger partial charge in [0.15, 0.2) is 0 Å². The lowest BCUT2D eigenvalue weighted by molar-refractivity contribution is -0.126. The van der Waals surface area contributed by atoms with Crippen LogP contribution in [0.15, 0.2) is 0 Å². The van der Waals surface area contributed by atoms with Gasteiger partial charge in [0.05, 0.1) is 6.54 Å². The summed E-state index contributed by atoms with van der Waals surface area (Å²) >= 11 is 0. The fourth-order valence-corrected chi connectivity index (χ4v) is 1.83. The van der Waals surface area contributed by atoms with Crippen molar-refractivity contribution in [2.45, 2.75) is 26.3 Å². The fraction of sp³-hybridized carbons (Fsp3) is 0.800. The zero-order valence-electron chi connectivity index (χ0n) is 8.82. The quantitative estimate of drug-likeness (QED) is 0.648. The van der Waals surface area contributed by atoms with Crippen LogP contribution in [0.4, 0.5) is 0 Å². The summed E-state index contributed by atoms with van der Waals surface area (Å²) < 4.78 is 0. The van der Waals surface area contributed by atoms with Gasteiger partial charge in [0.1, 0.15) is 6.29 Å². The van der Waals surface area contributed by atoms with E-state index in [1.54, 1.807) is 0 Å². The number of nitrogens with one attached hydrogen (secondary N) is 1. The van der Waals surface area contributed by atoms with Crippen LogP contribution in [0, 0.1) is 5.92 Å². The van der Waals surface area contributed by atoms with Gasteiger partial charge in [-0.2, -0.15) is 0 Å². The Hall–Kier alpha value is -0.900. The van der Waals surface area contributed by atoms with E-state index in [-0.39, 0.29) is 5.91 Å². The van der Waals surface area contributed by atoms with Crippen molar-refractivity contribution < 1.29 is 9.59 Å². The normalized spacial score (nSPS) is 23.6. The Bertz CT molecular complexity index is 216. The van der Waals surface area contributed by atoms with Gasteiger partial charge in [0.25, 0.3) is 0 Å². The van der Waals surface area contributed by atoms with Crippen molar-refractivity contribution in [3.05, 3.63) is 0 Å². The summed E-state index contributed by atoms with van der Waals surface area (Å²) in [5, 5.41) is 2.85. The molecule has 1 aliphatic heterocycles. The molecule has 80 valence electrons. The van der Waals surface area contributed by atoms with Gasteiger partial charge < -0.3 is 10.1 Å². The van der Waals surface area contributed by atoms with Gasteiger partial charge in [0, 0.05) is 25.6 Å². The summed E-state index contributed by atoms with van der Waals surface area (Å²) in [6.07, 6.45) is 1.42. The molecule has 4 nitrogen and oxygen atoms in total. The Morgan fingerprint density at radius 3 is 2.93 bits per heavy atom. The first kappa shape index (κ1) is 11.2. The third-order valence-electron chi connectivity index (χ3n) is 2.63. The van der Waals surface area contributed by atoms with Gasteiger partial charge in [-0.05, 0) is 5.92 Å². The summed E-state index contributed by atoms with van der Waals surface area (Å²) in [4.78, 5) is 23.5. The summed E-state index contributed by atoms with van der Waals surface area (Å²) in [6.45, 7) is 6.10. The highest BCUT2D eigenvalue weighted by Gasteiger charge is 2.27. The number of carbonyl (C=O) groups is 2. The van der Waals surface area contributed by atoms with E-state index < -0.39 is 0 Å². The zero-order valence-corrected chi connectivity index (χ0v) is 8.82. The summed E-state index contributed by atoms with van der Waals surface area (Å²) in [5.74, 6) is 0.565. The van der Waals surface area contributed by atoms with Crippen LogP contribution in [0.2, 0.25) is 0 Å². The molecule has 1 heterocycles. The smallest absolute Gasteiger partial charge is 0.234 e. The Morgan fingerprint density at radius 1 is 1.64 bits per heavy atom. The molecule has 0 saturated carbocycles. The van der Waals surface area contributed by atoms with E-state index in [4.69, 9.17) is 0 Å². The molecule has 1 aliphatic rings. The topological polar surface area (TPSA) is 49.4 Å². The molecule has 14 heavy (non-hydrogen) atoms. The fourth-order valence-electron chi connectivity index (χ4n) is 1.83. The Morgan fingerprint density at radius 2 is 2.36 bits per heavy atom. The van der Waals surface area contributed by atoms with Crippen molar-refractivity contribution in [3.63, 3.8) is 0 Å². The number of aldehydes is 1. The minimum atomic E-state index is 0.0628. The molecule has 1 unspecified atom stereocenters. The summed E-state index contributed by atoms with van der Waals surface area (Å²) in [5.41, 5.74) is 0. The Kier molecular flexibility index (Phi) is 4.07. The number of carbonyl (C=O) groups excluding carboxylic acids is 2. The number of rotatable bonds is 4. The molecule has 0 bridgehead atoms. The Labute approximate surface area is 84.7 Å². The maximum Gasteiger partial charge on any atom is 0.234 e. The highest BCUT2D eigenvalue weighted by atomic mass is 16.2. The van der Waals surface area contributed by atoms with E-state index in [1.807, 2.05) is 0 Å². The maximum atomic E-state index is 11.2. The number of nitrogens with zero attached hydrogens (tertiary/aromatic N) is 1. The number of piperazine rings is 1. The van der Waals surface area contributed by atoms with Crippen LogP contribution in [-0.2, 0) is 9.59 Å². The molecular formula is C10H18N2O2. The average molecular weight is 198 g/mol. The van der Waals surface area contributed by atoms with Crippen molar-refractivity contribution in [1.29, 1.82) is 0 Å². The lowest BCUT2D eigenvalue weighted by Gasteiger charge is -2.37. The van der Waals surface area contributed by atoms with Crippen molar-refractivity contribution in [2.75, 3.05) is 19.6 Å². The number of hydrogen-bond donors (Lipinski definition) is 1. The summed E-state index contributed by atoms with van der Waals surface area (Å²) in [6, 6.07) is 0.368. The standard InChI is InChI=1S/C10H18N2O2/c1-8(2)9-6-11-10(14)7-12(9)4-3-5-13/h5,8-9H,3-4,6-7H2,1-2H3,(H,11,14). The predicted octanol–water partition coefficient (Wildman–Crippen LogP) is 0.0318. The average Bonchev–Trinajstić information content (AvgIpc) is 2.14. The molecule has 1 atom stereocenters. The molecule has 0 radical (unpaired) electrons. The summed E-state index contributed by atoms with van der Waals surface area (Å²) in [7, 11) is 0. The van der Waals surface area contributed by atoms with Crippen LogP contribution in [0.25, 0.3) is 0 Å². The molecule has 0 spiro atoms. The maximum absolute atomic E-state index is 11.2. The largest absolute Gasteiger partial charge is 0.353 e. The molecule has 0 aromatic rings. The third-order valence-corrected chi connectivity index (χ3v) is 2.63. The second-order valence-electron chi connectivity index (χ2n) is 4.04. The van der Waals surface area contributed by atoms with Crippen molar-refractivity contribution in [1.82, 2.24) is 10.2 Å². The third kappa shape index (κ3) is 2.80. The van der Waals surface area contributed by atoms with Crippen molar-refractivity contribution in [3.8, 4) is 0 Å². The van der Waals surface area contributed by atoms with Gasteiger partial charge in [-0.25, -0.2) is 0 Å². The SMILES string of the molecule is CC(C)C1CNC(=O)CN1CCC=O. The van der Waals surface area contributed by atoms with Crippen molar-refractivity contribution >= 4 is 12.2 Å². The first-order valence-electron chi connectivity index (χ1n) is 5.09. The molecule has 0 aromatic carbocycles. The molecule has 4 heteroatoms. The molecule has 1 rings (SSSR count). The first-order valence-corrected chi connectivity index (χ1v) is 5.09. The van der Waals surface area contributed by atoms with Gasteiger partial charge in [-0.15, -0.1) is 0 Å². The van der Waals surface area contributed by atoms with E-state index in [0.29, 0.717) is 38.0 Å². The minimum absolute atomic E-state index is 0.0628. The number of hydrogen-bond acceptors (Lipinski definition) is 3. The van der Waals surface area contributed by atoms with Gasteiger partial charge >= 0.3 is 0 Å². The molecule has 1 N–H and O–H groups in total. The van der Waals surface area contributed by atoms with E-state index in [9.17, 15) is 9.59 Å². The van der Waals surface area contributed by atoms with Crippen molar-refractivity contribution in [2.24, 2.45) is 5.92 Å². The van der Waals surface area contributed by atoms with Crippen LogP contribution in [0.1, 0.15) is 20.3 Å². The highest BCUT2D eigenvalue weighted by Crippen LogP contribution is 2.13. The van der Waals surface area contributed by atoms with E-state index >= 15 is 0 Å². The first-order chi connectivity index (χ1) is 6.65. The van der Waals surface area contributed by atoms with Crippen LogP contribution < -0.4 is 5.32 Å². The second kappa shape index (κ2) is 5.10. The van der Waals surface area contributed by atoms with E-state index in [2.05, 4.69) is 24.1 Å². The van der Waals surface area contributed by atoms with E-state index in [1.165, 1.54) is 0 Å². The molecule has 0 aromatic heterocycles. The van der Waals surface area contributed by atoms with Crippen LogP contribution >= 0.6 is 0 Å². The molecule has 1 amide bonds. The molecular weight excluding hydrogens is 180 g/mol. The molecule has 1 fully saturated rings. The second-order valence-corrected chi connectivity index (χ2v) is 4.04. The zero-order chi connectivity index (χ0) is 10.6. The monoisotopic (exact) mass is 198 g/mol. The van der Waals surface area contributed by atoms with Crippen LogP contribution in [0.3, 0.4) is 0 Å².